The Kier molecular flexibility index (Phi) is 3.79. The molecule has 0 radical (unpaired) electrons. The SMILES string of the molecule is Cc1ccc(-c2ccccc2S(N)(=O)=O)n1-c1ccc(F)cc1. The average molecular weight is 330 g/mol. The van der Waals surface area contributed by atoms with Crippen molar-refractivity contribution in [2.45, 2.75) is 11.8 Å². The summed E-state index contributed by atoms with van der Waals surface area (Å²) in [5.74, 6) is -0.329. The second-order valence-electron chi connectivity index (χ2n) is 5.21. The molecule has 1 aromatic heterocycles. The van der Waals surface area contributed by atoms with Crippen molar-refractivity contribution >= 4 is 10.0 Å². The molecule has 0 saturated carbocycles. The lowest BCUT2D eigenvalue weighted by Crippen LogP contribution is -2.14. The van der Waals surface area contributed by atoms with E-state index >= 15 is 0 Å². The molecule has 3 aromatic rings. The van der Waals surface area contributed by atoms with Crippen LogP contribution in [0.5, 0.6) is 0 Å². The van der Waals surface area contributed by atoms with E-state index in [-0.39, 0.29) is 10.7 Å². The Morgan fingerprint density at radius 2 is 1.61 bits per heavy atom. The maximum absolute atomic E-state index is 13.2. The maximum atomic E-state index is 13.2. The third-order valence-corrected chi connectivity index (χ3v) is 4.60. The summed E-state index contributed by atoms with van der Waals surface area (Å²) in [6.45, 7) is 1.90. The number of hydrogen-bond acceptors (Lipinski definition) is 2. The second-order valence-corrected chi connectivity index (χ2v) is 6.74. The van der Waals surface area contributed by atoms with Crippen LogP contribution in [0.2, 0.25) is 0 Å². The highest BCUT2D eigenvalue weighted by Crippen LogP contribution is 2.30. The standard InChI is InChI=1S/C17H15FN2O2S/c1-12-6-11-16(20(12)14-9-7-13(18)8-10-14)15-4-2-3-5-17(15)23(19,21)22/h2-11H,1H3,(H2,19,21,22). The lowest BCUT2D eigenvalue weighted by Gasteiger charge is -2.14. The fraction of sp³-hybridized carbons (Fsp3) is 0.0588. The van der Waals surface area contributed by atoms with Gasteiger partial charge in [-0.2, -0.15) is 0 Å². The fourth-order valence-electron chi connectivity index (χ4n) is 2.61. The van der Waals surface area contributed by atoms with Gasteiger partial charge in [0, 0.05) is 16.9 Å². The zero-order chi connectivity index (χ0) is 16.6. The quantitative estimate of drug-likeness (QED) is 0.801. The molecule has 3 rings (SSSR count). The molecule has 23 heavy (non-hydrogen) atoms. The van der Waals surface area contributed by atoms with Crippen molar-refractivity contribution in [3.8, 4) is 16.9 Å². The van der Waals surface area contributed by atoms with E-state index in [0.29, 0.717) is 11.3 Å². The van der Waals surface area contributed by atoms with Crippen molar-refractivity contribution in [1.82, 2.24) is 4.57 Å². The predicted molar refractivity (Wildman–Crippen MR) is 87.3 cm³/mol. The van der Waals surface area contributed by atoms with Gasteiger partial charge in [-0.25, -0.2) is 17.9 Å². The van der Waals surface area contributed by atoms with E-state index in [4.69, 9.17) is 5.14 Å². The predicted octanol–water partition coefficient (Wildman–Crippen LogP) is 3.24. The van der Waals surface area contributed by atoms with Crippen LogP contribution in [0, 0.1) is 12.7 Å². The Hall–Kier alpha value is -2.44. The van der Waals surface area contributed by atoms with Crippen molar-refractivity contribution < 1.29 is 12.8 Å². The van der Waals surface area contributed by atoms with Crippen molar-refractivity contribution in [2.24, 2.45) is 5.14 Å². The molecule has 0 saturated heterocycles. The van der Waals surface area contributed by atoms with Crippen LogP contribution in [0.15, 0.2) is 65.6 Å². The molecule has 0 unspecified atom stereocenters. The molecular formula is C17H15FN2O2S. The summed E-state index contributed by atoms with van der Waals surface area (Å²) in [6.07, 6.45) is 0. The zero-order valence-electron chi connectivity index (χ0n) is 12.4. The van der Waals surface area contributed by atoms with Crippen LogP contribution in [0.25, 0.3) is 16.9 Å². The summed E-state index contributed by atoms with van der Waals surface area (Å²) < 4.78 is 38.7. The van der Waals surface area contributed by atoms with Gasteiger partial charge in [0.25, 0.3) is 0 Å². The third kappa shape index (κ3) is 2.91. The number of aromatic nitrogens is 1. The first kappa shape index (κ1) is 15.5. The molecule has 0 amide bonds. The summed E-state index contributed by atoms with van der Waals surface area (Å²) >= 11 is 0. The van der Waals surface area contributed by atoms with Crippen LogP contribution in [0.4, 0.5) is 4.39 Å². The molecule has 4 nitrogen and oxygen atoms in total. The van der Waals surface area contributed by atoms with Crippen LogP contribution in [-0.4, -0.2) is 13.0 Å². The fourth-order valence-corrected chi connectivity index (χ4v) is 3.36. The molecule has 6 heteroatoms. The van der Waals surface area contributed by atoms with Crippen LogP contribution in [-0.2, 0) is 10.0 Å². The number of nitrogens with two attached hydrogens (primary N) is 1. The Bertz CT molecular complexity index is 961. The molecule has 0 aliphatic heterocycles. The average Bonchev–Trinajstić information content (AvgIpc) is 2.89. The molecule has 2 aromatic carbocycles. The van der Waals surface area contributed by atoms with Crippen molar-refractivity contribution in [2.75, 3.05) is 0 Å². The summed E-state index contributed by atoms with van der Waals surface area (Å²) in [4.78, 5) is 0.0569. The molecular weight excluding hydrogens is 315 g/mol. The van der Waals surface area contributed by atoms with Crippen LogP contribution >= 0.6 is 0 Å². The molecule has 0 aliphatic carbocycles. The first-order valence-electron chi connectivity index (χ1n) is 6.94. The van der Waals surface area contributed by atoms with Gasteiger partial charge in [0.2, 0.25) is 10.0 Å². The topological polar surface area (TPSA) is 65.1 Å². The van der Waals surface area contributed by atoms with Crippen LogP contribution < -0.4 is 5.14 Å². The molecule has 0 bridgehead atoms. The molecule has 118 valence electrons. The summed E-state index contributed by atoms with van der Waals surface area (Å²) in [5, 5.41) is 5.32. The highest BCUT2D eigenvalue weighted by atomic mass is 32.2. The van der Waals surface area contributed by atoms with Gasteiger partial charge in [-0.05, 0) is 49.4 Å². The van der Waals surface area contributed by atoms with Gasteiger partial charge >= 0.3 is 0 Å². The van der Waals surface area contributed by atoms with E-state index in [0.717, 1.165) is 11.4 Å². The number of halogens is 1. The minimum Gasteiger partial charge on any atom is -0.314 e. The number of primary sulfonamides is 1. The minimum atomic E-state index is -3.85. The third-order valence-electron chi connectivity index (χ3n) is 3.63. The number of sulfonamides is 1. The van der Waals surface area contributed by atoms with Gasteiger partial charge in [0.05, 0.1) is 10.6 Å². The Morgan fingerprint density at radius 3 is 2.26 bits per heavy atom. The highest BCUT2D eigenvalue weighted by Gasteiger charge is 2.18. The van der Waals surface area contributed by atoms with Gasteiger partial charge in [0.1, 0.15) is 5.82 Å². The molecule has 0 aliphatic rings. The smallest absolute Gasteiger partial charge is 0.238 e. The largest absolute Gasteiger partial charge is 0.314 e. The normalized spacial score (nSPS) is 11.6. The molecule has 0 fully saturated rings. The van der Waals surface area contributed by atoms with E-state index < -0.39 is 10.0 Å². The first-order chi connectivity index (χ1) is 10.9. The van der Waals surface area contributed by atoms with Gasteiger partial charge in [-0.3, -0.25) is 0 Å². The summed E-state index contributed by atoms with van der Waals surface area (Å²) in [7, 11) is -3.85. The number of nitrogens with zero attached hydrogens (tertiary/aromatic N) is 1. The number of aryl methyl sites for hydroxylation is 1. The maximum Gasteiger partial charge on any atom is 0.238 e. The Labute approximate surface area is 134 Å². The van der Waals surface area contributed by atoms with E-state index in [1.807, 2.05) is 23.6 Å². The minimum absolute atomic E-state index is 0.0569. The van der Waals surface area contributed by atoms with Gasteiger partial charge in [-0.1, -0.05) is 18.2 Å². The van der Waals surface area contributed by atoms with E-state index in [9.17, 15) is 12.8 Å². The molecule has 0 atom stereocenters. The highest BCUT2D eigenvalue weighted by molar-refractivity contribution is 7.89. The first-order valence-corrected chi connectivity index (χ1v) is 8.49. The van der Waals surface area contributed by atoms with E-state index in [2.05, 4.69) is 0 Å². The van der Waals surface area contributed by atoms with Crippen molar-refractivity contribution in [3.63, 3.8) is 0 Å². The van der Waals surface area contributed by atoms with E-state index in [1.54, 1.807) is 30.3 Å². The Balaban J connectivity index is 2.27. The number of rotatable bonds is 3. The lowest BCUT2D eigenvalue weighted by atomic mass is 10.1. The monoisotopic (exact) mass is 330 g/mol. The van der Waals surface area contributed by atoms with Gasteiger partial charge in [-0.15, -0.1) is 0 Å². The molecule has 1 heterocycles. The molecule has 0 spiro atoms. The zero-order valence-corrected chi connectivity index (χ0v) is 13.2. The Morgan fingerprint density at radius 1 is 0.957 bits per heavy atom. The van der Waals surface area contributed by atoms with Crippen LogP contribution in [0.3, 0.4) is 0 Å². The number of hydrogen-bond donors (Lipinski definition) is 1. The van der Waals surface area contributed by atoms with E-state index in [1.165, 1.54) is 18.2 Å². The van der Waals surface area contributed by atoms with Crippen molar-refractivity contribution in [1.29, 1.82) is 0 Å². The lowest BCUT2D eigenvalue weighted by molar-refractivity contribution is 0.598. The molecule has 2 N–H and O–H groups in total. The number of benzene rings is 2. The summed E-state index contributed by atoms with van der Waals surface area (Å²) in [5.41, 5.74) is 2.83. The summed E-state index contributed by atoms with van der Waals surface area (Å²) in [6, 6.07) is 16.3. The van der Waals surface area contributed by atoms with Gasteiger partial charge in [0.15, 0.2) is 0 Å². The van der Waals surface area contributed by atoms with Crippen molar-refractivity contribution in [3.05, 3.63) is 72.2 Å². The second kappa shape index (κ2) is 5.64. The van der Waals surface area contributed by atoms with Crippen LogP contribution in [0.1, 0.15) is 5.69 Å². The van der Waals surface area contributed by atoms with Gasteiger partial charge < -0.3 is 4.57 Å².